The minimum Gasteiger partial charge on any atom is -0.369 e. The van der Waals surface area contributed by atoms with Crippen LogP contribution in [0.25, 0.3) is 0 Å². The lowest BCUT2D eigenvalue weighted by molar-refractivity contribution is -0.353. The van der Waals surface area contributed by atoms with Gasteiger partial charge in [-0.05, 0) is 25.7 Å². The number of rotatable bonds is 3. The Hall–Kier alpha value is -1.28. The molecule has 2 heterocycles. The highest BCUT2D eigenvalue weighted by atomic mass is 19.4. The molecule has 0 radical (unpaired) electrons. The number of aromatic nitrogens is 2. The van der Waals surface area contributed by atoms with Gasteiger partial charge in [0.15, 0.2) is 0 Å². The van der Waals surface area contributed by atoms with Gasteiger partial charge in [0.25, 0.3) is 0 Å². The van der Waals surface area contributed by atoms with Crippen LogP contribution in [0.1, 0.15) is 31.7 Å². The first-order chi connectivity index (χ1) is 9.90. The minimum absolute atomic E-state index is 0.00172. The van der Waals surface area contributed by atoms with E-state index in [0.29, 0.717) is 12.8 Å². The number of halogens is 3. The zero-order valence-electron chi connectivity index (χ0n) is 11.6. The second-order valence-corrected chi connectivity index (χ2v) is 5.81. The van der Waals surface area contributed by atoms with E-state index >= 15 is 0 Å². The fourth-order valence-corrected chi connectivity index (χ4v) is 2.89. The average Bonchev–Trinajstić information content (AvgIpc) is 2.82. The standard InChI is InChI=1S/C13H19F3N4O/c14-13(15,16)21-12-5-10(6-12)20-8-11(7-18-20)19-3-1-9(17)2-4-19/h7-10,12H,1-6,17H2. The highest BCUT2D eigenvalue weighted by molar-refractivity contribution is 5.43. The number of hydrogen-bond acceptors (Lipinski definition) is 4. The first kappa shape index (κ1) is 14.6. The molecule has 1 aliphatic heterocycles. The summed E-state index contributed by atoms with van der Waals surface area (Å²) in [4.78, 5) is 2.22. The highest BCUT2D eigenvalue weighted by Crippen LogP contribution is 2.38. The van der Waals surface area contributed by atoms with Crippen molar-refractivity contribution in [3.63, 3.8) is 0 Å². The third kappa shape index (κ3) is 3.49. The van der Waals surface area contributed by atoms with Crippen molar-refractivity contribution in [2.45, 2.75) is 50.2 Å². The molecule has 118 valence electrons. The predicted octanol–water partition coefficient (Wildman–Crippen LogP) is 2.05. The summed E-state index contributed by atoms with van der Waals surface area (Å²) in [5.41, 5.74) is 6.89. The molecule has 3 rings (SSSR count). The van der Waals surface area contributed by atoms with E-state index in [4.69, 9.17) is 5.73 Å². The predicted molar refractivity (Wildman–Crippen MR) is 70.8 cm³/mol. The Bertz CT molecular complexity index is 476. The van der Waals surface area contributed by atoms with E-state index in [1.54, 1.807) is 10.9 Å². The molecule has 0 amide bonds. The van der Waals surface area contributed by atoms with E-state index in [1.165, 1.54) is 0 Å². The van der Waals surface area contributed by atoms with Gasteiger partial charge >= 0.3 is 6.36 Å². The molecular formula is C13H19F3N4O. The van der Waals surface area contributed by atoms with Crippen LogP contribution in [0.15, 0.2) is 12.4 Å². The summed E-state index contributed by atoms with van der Waals surface area (Å²) in [6, 6.07) is 0.265. The van der Waals surface area contributed by atoms with Crippen LogP contribution in [-0.2, 0) is 4.74 Å². The van der Waals surface area contributed by atoms with Gasteiger partial charge in [0, 0.05) is 25.3 Å². The fraction of sp³-hybridized carbons (Fsp3) is 0.769. The summed E-state index contributed by atoms with van der Waals surface area (Å²) < 4.78 is 42.0. The maximum Gasteiger partial charge on any atom is 0.522 e. The summed E-state index contributed by atoms with van der Waals surface area (Å²) in [5.74, 6) is 0. The molecule has 2 N–H and O–H groups in total. The number of ether oxygens (including phenoxy) is 1. The van der Waals surface area contributed by atoms with Gasteiger partial charge in [0.2, 0.25) is 0 Å². The molecule has 2 fully saturated rings. The Morgan fingerprint density at radius 3 is 2.52 bits per heavy atom. The Labute approximate surface area is 120 Å². The van der Waals surface area contributed by atoms with Gasteiger partial charge in [0.1, 0.15) is 0 Å². The lowest BCUT2D eigenvalue weighted by atomic mass is 9.89. The molecule has 8 heteroatoms. The number of nitrogens with zero attached hydrogens (tertiary/aromatic N) is 3. The Kier molecular flexibility index (Phi) is 3.83. The summed E-state index contributed by atoms with van der Waals surface area (Å²) in [7, 11) is 0. The molecule has 1 aromatic rings. The topological polar surface area (TPSA) is 56.3 Å². The molecule has 1 aliphatic carbocycles. The molecule has 5 nitrogen and oxygen atoms in total. The van der Waals surface area contributed by atoms with Crippen LogP contribution in [0.2, 0.25) is 0 Å². The highest BCUT2D eigenvalue weighted by Gasteiger charge is 2.41. The summed E-state index contributed by atoms with van der Waals surface area (Å²) in [6.45, 7) is 1.80. The zero-order chi connectivity index (χ0) is 15.0. The van der Waals surface area contributed by atoms with Gasteiger partial charge < -0.3 is 10.6 Å². The normalized spacial score (nSPS) is 27.7. The van der Waals surface area contributed by atoms with Crippen LogP contribution in [0.4, 0.5) is 18.9 Å². The first-order valence-corrected chi connectivity index (χ1v) is 7.20. The van der Waals surface area contributed by atoms with Gasteiger partial charge in [-0.3, -0.25) is 9.42 Å². The van der Waals surface area contributed by atoms with Crippen molar-refractivity contribution in [1.82, 2.24) is 9.78 Å². The maximum atomic E-state index is 12.1. The van der Waals surface area contributed by atoms with Crippen molar-refractivity contribution in [1.29, 1.82) is 0 Å². The van der Waals surface area contributed by atoms with Crippen LogP contribution < -0.4 is 10.6 Å². The Balaban J connectivity index is 1.52. The van der Waals surface area contributed by atoms with Crippen molar-refractivity contribution >= 4 is 5.69 Å². The second kappa shape index (κ2) is 5.49. The van der Waals surface area contributed by atoms with Gasteiger partial charge in [-0.1, -0.05) is 0 Å². The minimum atomic E-state index is -4.54. The van der Waals surface area contributed by atoms with E-state index in [1.807, 2.05) is 6.20 Å². The molecule has 21 heavy (non-hydrogen) atoms. The number of hydrogen-bond donors (Lipinski definition) is 1. The first-order valence-electron chi connectivity index (χ1n) is 7.20. The van der Waals surface area contributed by atoms with Gasteiger partial charge in [-0.15, -0.1) is 13.2 Å². The summed E-state index contributed by atoms with van der Waals surface area (Å²) in [5, 5.41) is 4.27. The van der Waals surface area contributed by atoms with Crippen molar-refractivity contribution < 1.29 is 17.9 Å². The molecule has 0 bridgehead atoms. The number of anilines is 1. The molecule has 0 unspecified atom stereocenters. The summed E-state index contributed by atoms with van der Waals surface area (Å²) >= 11 is 0. The van der Waals surface area contributed by atoms with Gasteiger partial charge in [-0.2, -0.15) is 5.10 Å². The van der Waals surface area contributed by atoms with Crippen LogP contribution in [0.3, 0.4) is 0 Å². The van der Waals surface area contributed by atoms with Gasteiger partial charge in [0.05, 0.1) is 24.0 Å². The van der Waals surface area contributed by atoms with E-state index in [2.05, 4.69) is 14.7 Å². The molecule has 1 aromatic heterocycles. The van der Waals surface area contributed by atoms with Crippen LogP contribution in [-0.4, -0.2) is 41.4 Å². The smallest absolute Gasteiger partial charge is 0.369 e. The number of alkyl halides is 3. The lowest BCUT2D eigenvalue weighted by Gasteiger charge is -2.35. The average molecular weight is 304 g/mol. The van der Waals surface area contributed by atoms with Crippen LogP contribution in [0.5, 0.6) is 0 Å². The molecule has 0 atom stereocenters. The third-order valence-electron chi connectivity index (χ3n) is 4.24. The molecule has 0 spiro atoms. The Morgan fingerprint density at radius 1 is 1.24 bits per heavy atom. The number of piperidine rings is 1. The van der Waals surface area contributed by atoms with Crippen LogP contribution in [0, 0.1) is 0 Å². The molecular weight excluding hydrogens is 285 g/mol. The van der Waals surface area contributed by atoms with Crippen molar-refractivity contribution in [3.05, 3.63) is 12.4 Å². The van der Waals surface area contributed by atoms with Crippen molar-refractivity contribution in [2.75, 3.05) is 18.0 Å². The third-order valence-corrected chi connectivity index (χ3v) is 4.24. The van der Waals surface area contributed by atoms with Gasteiger partial charge in [-0.25, -0.2) is 0 Å². The molecule has 1 saturated heterocycles. The molecule has 0 aromatic carbocycles. The van der Waals surface area contributed by atoms with E-state index in [9.17, 15) is 13.2 Å². The lowest BCUT2D eigenvalue weighted by Crippen LogP contribution is -2.39. The summed E-state index contributed by atoms with van der Waals surface area (Å²) in [6.07, 6.45) is 1.01. The van der Waals surface area contributed by atoms with Crippen molar-refractivity contribution in [2.24, 2.45) is 5.73 Å². The molecule has 2 aliphatic rings. The number of nitrogens with two attached hydrogens (primary N) is 1. The largest absolute Gasteiger partial charge is 0.522 e. The zero-order valence-corrected chi connectivity index (χ0v) is 11.6. The Morgan fingerprint density at radius 2 is 1.90 bits per heavy atom. The van der Waals surface area contributed by atoms with E-state index in [0.717, 1.165) is 31.6 Å². The SMILES string of the molecule is NC1CCN(c2cnn(C3CC(OC(F)(F)F)C3)c2)CC1. The fourth-order valence-electron chi connectivity index (χ4n) is 2.89. The quantitative estimate of drug-likeness (QED) is 0.928. The van der Waals surface area contributed by atoms with Crippen LogP contribution >= 0.6 is 0 Å². The van der Waals surface area contributed by atoms with E-state index < -0.39 is 12.5 Å². The van der Waals surface area contributed by atoms with E-state index in [-0.39, 0.29) is 12.1 Å². The van der Waals surface area contributed by atoms with Crippen molar-refractivity contribution in [3.8, 4) is 0 Å². The monoisotopic (exact) mass is 304 g/mol. The molecule has 1 saturated carbocycles. The maximum absolute atomic E-state index is 12.1. The second-order valence-electron chi connectivity index (χ2n) is 5.81.